The highest BCUT2D eigenvalue weighted by molar-refractivity contribution is 5.78. The van der Waals surface area contributed by atoms with Crippen molar-refractivity contribution in [1.29, 1.82) is 0 Å². The molecule has 3 nitrogen and oxygen atoms in total. The number of hydrogen-bond acceptors (Lipinski definition) is 1. The maximum atomic E-state index is 4.26. The van der Waals surface area contributed by atoms with Crippen molar-refractivity contribution in [2.45, 2.75) is 34.2 Å². The Morgan fingerprint density at radius 3 is 2.61 bits per heavy atom. The van der Waals surface area contributed by atoms with E-state index in [4.69, 9.17) is 0 Å². The van der Waals surface area contributed by atoms with Gasteiger partial charge in [-0.3, -0.25) is 4.98 Å². The van der Waals surface area contributed by atoms with Gasteiger partial charge in [-0.05, 0) is 69.7 Å². The Morgan fingerprint density at radius 2 is 1.86 bits per heavy atom. The lowest BCUT2D eigenvalue weighted by atomic mass is 10.1. The summed E-state index contributed by atoms with van der Waals surface area (Å²) >= 11 is 0. The van der Waals surface area contributed by atoms with Gasteiger partial charge in [0.1, 0.15) is 6.54 Å². The van der Waals surface area contributed by atoms with Crippen LogP contribution in [0.4, 0.5) is 0 Å². The van der Waals surface area contributed by atoms with E-state index in [1.807, 2.05) is 18.5 Å². The molecule has 0 aliphatic heterocycles. The second-order valence-electron chi connectivity index (χ2n) is 7.27. The average molecular weight is 369 g/mol. The Bertz CT molecular complexity index is 1170. The van der Waals surface area contributed by atoms with Crippen LogP contribution in [0.25, 0.3) is 28.7 Å². The molecule has 0 atom stereocenters. The van der Waals surface area contributed by atoms with Crippen LogP contribution in [0.1, 0.15) is 35.1 Å². The van der Waals surface area contributed by atoms with Crippen LogP contribution in [0.3, 0.4) is 0 Å². The predicted octanol–water partition coefficient (Wildman–Crippen LogP) is 5.43. The van der Waals surface area contributed by atoms with E-state index in [2.05, 4.69) is 96.4 Å². The molecule has 0 saturated carbocycles. The second-order valence-corrected chi connectivity index (χ2v) is 7.27. The highest BCUT2D eigenvalue weighted by Crippen LogP contribution is 2.22. The third kappa shape index (κ3) is 3.24. The van der Waals surface area contributed by atoms with Gasteiger partial charge in [0.15, 0.2) is 0 Å². The van der Waals surface area contributed by atoms with Gasteiger partial charge in [-0.2, -0.15) is 4.57 Å². The molecule has 0 radical (unpaired) electrons. The first kappa shape index (κ1) is 18.2. The summed E-state index contributed by atoms with van der Waals surface area (Å²) in [7, 11) is 0. The van der Waals surface area contributed by atoms with Crippen LogP contribution in [0.5, 0.6) is 0 Å². The average Bonchev–Trinajstić information content (AvgIpc) is 2.99. The van der Waals surface area contributed by atoms with Crippen LogP contribution in [-0.2, 0) is 6.54 Å². The van der Waals surface area contributed by atoms with Crippen LogP contribution in [0.2, 0.25) is 0 Å². The van der Waals surface area contributed by atoms with Crippen LogP contribution < -0.4 is 4.57 Å². The van der Waals surface area contributed by atoms with E-state index in [1.165, 1.54) is 39.1 Å². The summed E-state index contributed by atoms with van der Waals surface area (Å²) in [5, 5.41) is 1.29. The SMILES string of the molecule is CC[n+]1c(/C=C/c2cc(C)n(-c3cccnc3)c2C)ccc2cc(C)ccc21. The highest BCUT2D eigenvalue weighted by Gasteiger charge is 2.13. The first-order valence-corrected chi connectivity index (χ1v) is 9.79. The van der Waals surface area contributed by atoms with Gasteiger partial charge in [-0.25, -0.2) is 0 Å². The molecular formula is C25H26N3+. The minimum atomic E-state index is 0.939. The van der Waals surface area contributed by atoms with Crippen molar-refractivity contribution in [2.24, 2.45) is 0 Å². The number of nitrogens with zero attached hydrogens (tertiary/aromatic N) is 3. The Labute approximate surface area is 166 Å². The molecule has 0 aliphatic rings. The number of benzene rings is 1. The van der Waals surface area contributed by atoms with Crippen LogP contribution in [0.15, 0.2) is 60.9 Å². The van der Waals surface area contributed by atoms with Gasteiger partial charge in [0.2, 0.25) is 11.2 Å². The minimum absolute atomic E-state index is 0.939. The lowest BCUT2D eigenvalue weighted by Gasteiger charge is -2.08. The van der Waals surface area contributed by atoms with Crippen molar-refractivity contribution in [1.82, 2.24) is 9.55 Å². The molecule has 4 rings (SSSR count). The lowest BCUT2D eigenvalue weighted by Crippen LogP contribution is -2.36. The third-order valence-corrected chi connectivity index (χ3v) is 5.34. The summed E-state index contributed by atoms with van der Waals surface area (Å²) in [5.41, 5.74) is 8.54. The molecule has 3 heterocycles. The predicted molar refractivity (Wildman–Crippen MR) is 117 cm³/mol. The van der Waals surface area contributed by atoms with Gasteiger partial charge in [0.05, 0.1) is 11.9 Å². The van der Waals surface area contributed by atoms with Gasteiger partial charge in [-0.15, -0.1) is 0 Å². The summed E-state index contributed by atoms with van der Waals surface area (Å²) < 4.78 is 4.62. The molecule has 0 bridgehead atoms. The summed E-state index contributed by atoms with van der Waals surface area (Å²) in [6.07, 6.45) is 8.15. The monoisotopic (exact) mass is 368 g/mol. The van der Waals surface area contributed by atoms with Crippen LogP contribution in [0, 0.1) is 20.8 Å². The zero-order chi connectivity index (χ0) is 19.7. The van der Waals surface area contributed by atoms with E-state index in [1.54, 1.807) is 0 Å². The number of pyridine rings is 2. The minimum Gasteiger partial charge on any atom is -0.316 e. The molecule has 4 aromatic rings. The van der Waals surface area contributed by atoms with E-state index in [9.17, 15) is 0 Å². The van der Waals surface area contributed by atoms with E-state index in [0.717, 1.165) is 12.2 Å². The van der Waals surface area contributed by atoms with Gasteiger partial charge in [-0.1, -0.05) is 11.6 Å². The van der Waals surface area contributed by atoms with E-state index in [-0.39, 0.29) is 0 Å². The maximum absolute atomic E-state index is 4.26. The van der Waals surface area contributed by atoms with Crippen molar-refractivity contribution in [3.63, 3.8) is 0 Å². The van der Waals surface area contributed by atoms with Gasteiger partial charge in [0, 0.05) is 41.2 Å². The second kappa shape index (κ2) is 7.43. The first-order chi connectivity index (χ1) is 13.6. The smallest absolute Gasteiger partial charge is 0.212 e. The molecule has 0 amide bonds. The van der Waals surface area contributed by atoms with Gasteiger partial charge >= 0.3 is 0 Å². The summed E-state index contributed by atoms with van der Waals surface area (Å²) in [6, 6.07) is 17.4. The van der Waals surface area contributed by atoms with Crippen molar-refractivity contribution in [3.05, 3.63) is 89.1 Å². The zero-order valence-electron chi connectivity index (χ0n) is 17.0. The fraction of sp³-hybridized carbons (Fsp3) is 0.200. The molecule has 0 aliphatic carbocycles. The molecule has 3 aromatic heterocycles. The molecule has 0 spiro atoms. The first-order valence-electron chi connectivity index (χ1n) is 9.79. The fourth-order valence-corrected chi connectivity index (χ4v) is 3.97. The molecule has 140 valence electrons. The van der Waals surface area contributed by atoms with E-state index >= 15 is 0 Å². The van der Waals surface area contributed by atoms with Crippen molar-refractivity contribution in [3.8, 4) is 5.69 Å². The van der Waals surface area contributed by atoms with E-state index < -0.39 is 0 Å². The van der Waals surface area contributed by atoms with Crippen LogP contribution >= 0.6 is 0 Å². The number of hydrogen-bond donors (Lipinski definition) is 0. The molecule has 1 aromatic carbocycles. The standard InChI is InChI=1S/C25H26N3/c1-5-27-23(12-10-22-15-18(2)8-13-25(22)27)11-9-21-16-19(3)28(20(21)4)24-7-6-14-26-17-24/h6-17H,5H2,1-4H3/q+1. The van der Waals surface area contributed by atoms with Crippen molar-refractivity contribution < 1.29 is 4.57 Å². The topological polar surface area (TPSA) is 21.7 Å². The van der Waals surface area contributed by atoms with Gasteiger partial charge < -0.3 is 4.57 Å². The number of fused-ring (bicyclic) bond motifs is 1. The van der Waals surface area contributed by atoms with Crippen molar-refractivity contribution in [2.75, 3.05) is 0 Å². The number of aryl methyl sites for hydroxylation is 3. The lowest BCUT2D eigenvalue weighted by molar-refractivity contribution is -0.669. The Kier molecular flexibility index (Phi) is 4.82. The molecule has 0 N–H and O–H groups in total. The van der Waals surface area contributed by atoms with Crippen LogP contribution in [-0.4, -0.2) is 9.55 Å². The molecule has 28 heavy (non-hydrogen) atoms. The fourth-order valence-electron chi connectivity index (χ4n) is 3.97. The quantitative estimate of drug-likeness (QED) is 0.440. The van der Waals surface area contributed by atoms with E-state index in [0.29, 0.717) is 0 Å². The summed E-state index contributed by atoms with van der Waals surface area (Å²) in [4.78, 5) is 4.26. The molecular weight excluding hydrogens is 342 g/mol. The number of aromatic nitrogens is 3. The molecule has 0 unspecified atom stereocenters. The maximum Gasteiger partial charge on any atom is 0.212 e. The largest absolute Gasteiger partial charge is 0.316 e. The normalized spacial score (nSPS) is 11.6. The zero-order valence-corrected chi connectivity index (χ0v) is 17.0. The summed E-state index contributed by atoms with van der Waals surface area (Å²) in [6.45, 7) is 9.58. The summed E-state index contributed by atoms with van der Waals surface area (Å²) in [5.74, 6) is 0. The van der Waals surface area contributed by atoms with Gasteiger partial charge in [0.25, 0.3) is 0 Å². The highest BCUT2D eigenvalue weighted by atomic mass is 15.0. The Balaban J connectivity index is 1.75. The Hall–Kier alpha value is -3.20. The molecule has 3 heteroatoms. The molecule has 0 fully saturated rings. The molecule has 0 saturated heterocycles. The number of rotatable bonds is 4. The van der Waals surface area contributed by atoms with Crippen molar-refractivity contribution >= 4 is 23.1 Å². The third-order valence-electron chi connectivity index (χ3n) is 5.34. The Morgan fingerprint density at radius 1 is 1.00 bits per heavy atom.